The zero-order valence-corrected chi connectivity index (χ0v) is 12.6. The fraction of sp³-hybridized carbons (Fsp3) is 0.588. The van der Waals surface area contributed by atoms with Crippen molar-refractivity contribution in [2.75, 3.05) is 12.3 Å². The Hall–Kier alpha value is -1.51. The fourth-order valence-electron chi connectivity index (χ4n) is 2.14. The zero-order chi connectivity index (χ0) is 14.6. The maximum Gasteiger partial charge on any atom is 0.306 e. The highest BCUT2D eigenvalue weighted by Gasteiger charge is 2.05. The van der Waals surface area contributed by atoms with E-state index in [2.05, 4.69) is 6.92 Å². The number of carbonyl (C=O) groups excluding carboxylic acids is 1. The number of para-hydroxylation sites is 1. The van der Waals surface area contributed by atoms with Gasteiger partial charge in [0.25, 0.3) is 0 Å². The highest BCUT2D eigenvalue weighted by Crippen LogP contribution is 2.13. The summed E-state index contributed by atoms with van der Waals surface area (Å²) < 4.78 is 5.23. The van der Waals surface area contributed by atoms with Crippen molar-refractivity contribution in [1.29, 1.82) is 0 Å². The van der Waals surface area contributed by atoms with Crippen molar-refractivity contribution >= 4 is 11.7 Å². The van der Waals surface area contributed by atoms with Crippen molar-refractivity contribution in [2.45, 2.75) is 58.3 Å². The first kappa shape index (κ1) is 16.5. The second-order valence-corrected chi connectivity index (χ2v) is 5.19. The molecule has 0 aromatic heterocycles. The molecule has 20 heavy (non-hydrogen) atoms. The van der Waals surface area contributed by atoms with Gasteiger partial charge in [-0.3, -0.25) is 4.79 Å². The lowest BCUT2D eigenvalue weighted by atomic mass is 10.1. The van der Waals surface area contributed by atoms with Gasteiger partial charge in [-0.25, -0.2) is 0 Å². The molecule has 0 unspecified atom stereocenters. The van der Waals surface area contributed by atoms with Crippen LogP contribution < -0.4 is 5.73 Å². The third kappa shape index (κ3) is 7.17. The van der Waals surface area contributed by atoms with Crippen LogP contribution in [0.3, 0.4) is 0 Å². The predicted octanol–water partition coefficient (Wildman–Crippen LogP) is 4.11. The van der Waals surface area contributed by atoms with Gasteiger partial charge in [0.05, 0.1) is 6.61 Å². The van der Waals surface area contributed by atoms with E-state index in [0.29, 0.717) is 19.4 Å². The van der Waals surface area contributed by atoms with Gasteiger partial charge < -0.3 is 10.5 Å². The van der Waals surface area contributed by atoms with Crippen LogP contribution >= 0.6 is 0 Å². The molecule has 1 aromatic rings. The number of aryl methyl sites for hydroxylation is 1. The molecule has 3 heteroatoms. The highest BCUT2D eigenvalue weighted by atomic mass is 16.5. The summed E-state index contributed by atoms with van der Waals surface area (Å²) in [6, 6.07) is 7.65. The molecule has 112 valence electrons. The second-order valence-electron chi connectivity index (χ2n) is 5.19. The molecule has 1 aromatic carbocycles. The molecule has 1 rings (SSSR count). The number of anilines is 1. The molecular weight excluding hydrogens is 250 g/mol. The molecule has 0 saturated carbocycles. The Morgan fingerprint density at radius 2 is 1.80 bits per heavy atom. The van der Waals surface area contributed by atoms with E-state index in [1.165, 1.54) is 25.7 Å². The quantitative estimate of drug-likeness (QED) is 0.398. The third-order valence-electron chi connectivity index (χ3n) is 3.41. The molecule has 0 fully saturated rings. The van der Waals surface area contributed by atoms with E-state index in [0.717, 1.165) is 24.1 Å². The summed E-state index contributed by atoms with van der Waals surface area (Å²) in [6.45, 7) is 2.76. The number of hydrogen-bond acceptors (Lipinski definition) is 3. The van der Waals surface area contributed by atoms with Gasteiger partial charge in [0.15, 0.2) is 0 Å². The van der Waals surface area contributed by atoms with Crippen molar-refractivity contribution in [2.24, 2.45) is 0 Å². The van der Waals surface area contributed by atoms with Crippen LogP contribution in [0.5, 0.6) is 0 Å². The minimum Gasteiger partial charge on any atom is -0.466 e. The molecule has 0 radical (unpaired) electrons. The number of unbranched alkanes of at least 4 members (excludes halogenated alkanes) is 5. The van der Waals surface area contributed by atoms with Crippen LogP contribution in [0.2, 0.25) is 0 Å². The molecule has 0 heterocycles. The van der Waals surface area contributed by atoms with Crippen molar-refractivity contribution in [3.05, 3.63) is 29.8 Å². The minimum absolute atomic E-state index is 0.123. The number of nitrogens with two attached hydrogens (primary N) is 1. The topological polar surface area (TPSA) is 52.3 Å². The van der Waals surface area contributed by atoms with Crippen molar-refractivity contribution in [3.8, 4) is 0 Å². The number of carbonyl (C=O) groups is 1. The van der Waals surface area contributed by atoms with Gasteiger partial charge in [-0.05, 0) is 24.5 Å². The number of hydrogen-bond donors (Lipinski definition) is 1. The summed E-state index contributed by atoms with van der Waals surface area (Å²) in [5.74, 6) is -0.123. The molecule has 0 aliphatic carbocycles. The van der Waals surface area contributed by atoms with E-state index in [-0.39, 0.29) is 5.97 Å². The SMILES string of the molecule is CCCCCCCCOC(=O)CCc1ccccc1N. The van der Waals surface area contributed by atoms with E-state index < -0.39 is 0 Å². The minimum atomic E-state index is -0.123. The number of esters is 1. The molecule has 0 saturated heterocycles. The molecule has 2 N–H and O–H groups in total. The van der Waals surface area contributed by atoms with Crippen LogP contribution in [-0.4, -0.2) is 12.6 Å². The van der Waals surface area contributed by atoms with Crippen molar-refractivity contribution in [3.63, 3.8) is 0 Å². The maximum absolute atomic E-state index is 11.6. The monoisotopic (exact) mass is 277 g/mol. The molecular formula is C17H27NO2. The van der Waals surface area contributed by atoms with E-state index in [9.17, 15) is 4.79 Å². The second kappa shape index (κ2) is 10.3. The summed E-state index contributed by atoms with van der Waals surface area (Å²) in [6.07, 6.45) is 8.29. The van der Waals surface area contributed by atoms with Crippen LogP contribution in [0.4, 0.5) is 5.69 Å². The molecule has 0 spiro atoms. The van der Waals surface area contributed by atoms with E-state index in [1.807, 2.05) is 24.3 Å². The normalized spacial score (nSPS) is 10.4. The first-order valence-corrected chi connectivity index (χ1v) is 7.73. The van der Waals surface area contributed by atoms with Crippen LogP contribution in [0.25, 0.3) is 0 Å². The van der Waals surface area contributed by atoms with Gasteiger partial charge in [0.2, 0.25) is 0 Å². The molecule has 3 nitrogen and oxygen atoms in total. The summed E-state index contributed by atoms with van der Waals surface area (Å²) in [4.78, 5) is 11.6. The first-order valence-electron chi connectivity index (χ1n) is 7.73. The molecule has 0 atom stereocenters. The summed E-state index contributed by atoms with van der Waals surface area (Å²) in [5.41, 5.74) is 7.60. The number of rotatable bonds is 10. The van der Waals surface area contributed by atoms with Crippen LogP contribution in [-0.2, 0) is 16.0 Å². The Kier molecular flexibility index (Phi) is 8.52. The van der Waals surface area contributed by atoms with Crippen LogP contribution in [0.1, 0.15) is 57.4 Å². The Morgan fingerprint density at radius 3 is 2.55 bits per heavy atom. The third-order valence-corrected chi connectivity index (χ3v) is 3.41. The molecule has 0 aliphatic rings. The average molecular weight is 277 g/mol. The average Bonchev–Trinajstić information content (AvgIpc) is 2.45. The lowest BCUT2D eigenvalue weighted by Crippen LogP contribution is -2.07. The molecule has 0 amide bonds. The first-order chi connectivity index (χ1) is 9.74. The van der Waals surface area contributed by atoms with Crippen molar-refractivity contribution in [1.82, 2.24) is 0 Å². The van der Waals surface area contributed by atoms with Crippen LogP contribution in [0, 0.1) is 0 Å². The van der Waals surface area contributed by atoms with Gasteiger partial charge in [-0.1, -0.05) is 57.2 Å². The fourth-order valence-corrected chi connectivity index (χ4v) is 2.14. The Bertz CT molecular complexity index is 390. The lowest BCUT2D eigenvalue weighted by Gasteiger charge is -2.06. The number of ether oxygens (including phenoxy) is 1. The van der Waals surface area contributed by atoms with Gasteiger partial charge in [-0.15, -0.1) is 0 Å². The van der Waals surface area contributed by atoms with Crippen LogP contribution in [0.15, 0.2) is 24.3 Å². The highest BCUT2D eigenvalue weighted by molar-refractivity contribution is 5.70. The van der Waals surface area contributed by atoms with Crippen molar-refractivity contribution < 1.29 is 9.53 Å². The van der Waals surface area contributed by atoms with Gasteiger partial charge in [-0.2, -0.15) is 0 Å². The zero-order valence-electron chi connectivity index (χ0n) is 12.6. The molecule has 0 aliphatic heterocycles. The smallest absolute Gasteiger partial charge is 0.306 e. The standard InChI is InChI=1S/C17H27NO2/c1-2-3-4-5-6-9-14-20-17(19)13-12-15-10-7-8-11-16(15)18/h7-8,10-11H,2-6,9,12-14,18H2,1H3. The summed E-state index contributed by atoms with van der Waals surface area (Å²) in [5, 5.41) is 0. The predicted molar refractivity (Wildman–Crippen MR) is 83.5 cm³/mol. The van der Waals surface area contributed by atoms with Gasteiger partial charge in [0, 0.05) is 12.1 Å². The lowest BCUT2D eigenvalue weighted by molar-refractivity contribution is -0.143. The Morgan fingerprint density at radius 1 is 1.10 bits per heavy atom. The van der Waals surface area contributed by atoms with Gasteiger partial charge in [0.1, 0.15) is 0 Å². The molecule has 0 bridgehead atoms. The summed E-state index contributed by atoms with van der Waals surface area (Å²) in [7, 11) is 0. The Labute approximate surface area is 122 Å². The van der Waals surface area contributed by atoms with E-state index in [4.69, 9.17) is 10.5 Å². The number of benzene rings is 1. The summed E-state index contributed by atoms with van der Waals surface area (Å²) >= 11 is 0. The number of nitrogen functional groups attached to an aromatic ring is 1. The van der Waals surface area contributed by atoms with E-state index in [1.54, 1.807) is 0 Å². The van der Waals surface area contributed by atoms with E-state index >= 15 is 0 Å². The largest absolute Gasteiger partial charge is 0.466 e. The van der Waals surface area contributed by atoms with Gasteiger partial charge >= 0.3 is 5.97 Å². The Balaban J connectivity index is 2.05. The maximum atomic E-state index is 11.6.